The highest BCUT2D eigenvalue weighted by atomic mass is 16.5. The molecule has 5 nitrogen and oxygen atoms in total. The molecule has 0 saturated heterocycles. The Labute approximate surface area is 143 Å². The molecule has 0 spiro atoms. The number of benzene rings is 2. The van der Waals surface area contributed by atoms with Crippen LogP contribution in [0.4, 0.5) is 11.4 Å². The average molecular weight is 328 g/mol. The molecule has 0 aliphatic rings. The van der Waals surface area contributed by atoms with Crippen LogP contribution in [0.15, 0.2) is 42.5 Å². The topological polar surface area (TPSA) is 59.6 Å². The summed E-state index contributed by atoms with van der Waals surface area (Å²) < 4.78 is 10.4. The van der Waals surface area contributed by atoms with E-state index in [4.69, 9.17) is 9.47 Å². The Morgan fingerprint density at radius 3 is 2.42 bits per heavy atom. The van der Waals surface area contributed by atoms with Crippen molar-refractivity contribution in [2.75, 3.05) is 31.4 Å². The van der Waals surface area contributed by atoms with Crippen LogP contribution in [0.2, 0.25) is 0 Å². The SMILES string of the molecule is COc1ccc(NC(=O)CNc2ccccc2C(C)C)cc1OC. The molecule has 0 unspecified atom stereocenters. The van der Waals surface area contributed by atoms with E-state index in [0.717, 1.165) is 5.69 Å². The van der Waals surface area contributed by atoms with Crippen LogP contribution in [0.5, 0.6) is 11.5 Å². The fourth-order valence-corrected chi connectivity index (χ4v) is 2.46. The van der Waals surface area contributed by atoms with E-state index in [1.807, 2.05) is 18.2 Å². The number of carbonyl (C=O) groups excluding carboxylic acids is 1. The number of carbonyl (C=O) groups is 1. The molecule has 0 radical (unpaired) electrons. The van der Waals surface area contributed by atoms with Crippen molar-refractivity contribution < 1.29 is 14.3 Å². The van der Waals surface area contributed by atoms with Crippen LogP contribution in [0.1, 0.15) is 25.3 Å². The standard InChI is InChI=1S/C19H24N2O3/c1-13(2)15-7-5-6-8-16(15)20-12-19(22)21-14-9-10-17(23-3)18(11-14)24-4/h5-11,13,20H,12H2,1-4H3,(H,21,22). The van der Waals surface area contributed by atoms with Crippen molar-refractivity contribution in [3.8, 4) is 11.5 Å². The van der Waals surface area contributed by atoms with Crippen LogP contribution >= 0.6 is 0 Å². The Balaban J connectivity index is 1.99. The normalized spacial score (nSPS) is 10.4. The molecule has 2 N–H and O–H groups in total. The summed E-state index contributed by atoms with van der Waals surface area (Å²) in [7, 11) is 3.14. The van der Waals surface area contributed by atoms with Crippen molar-refractivity contribution in [3.05, 3.63) is 48.0 Å². The van der Waals surface area contributed by atoms with Crippen LogP contribution < -0.4 is 20.1 Å². The Bertz CT molecular complexity index is 699. The lowest BCUT2D eigenvalue weighted by atomic mass is 10.0. The Morgan fingerprint density at radius 1 is 1.04 bits per heavy atom. The molecule has 24 heavy (non-hydrogen) atoms. The molecule has 5 heteroatoms. The number of hydrogen-bond acceptors (Lipinski definition) is 4. The van der Waals surface area contributed by atoms with Crippen molar-refractivity contribution in [3.63, 3.8) is 0 Å². The monoisotopic (exact) mass is 328 g/mol. The predicted molar refractivity (Wildman–Crippen MR) is 97.2 cm³/mol. The first-order valence-electron chi connectivity index (χ1n) is 7.89. The second-order valence-electron chi connectivity index (χ2n) is 5.71. The lowest BCUT2D eigenvalue weighted by Gasteiger charge is -2.15. The number of hydrogen-bond donors (Lipinski definition) is 2. The molecule has 0 heterocycles. The summed E-state index contributed by atoms with van der Waals surface area (Å²) in [6.45, 7) is 4.45. The first kappa shape index (κ1) is 17.7. The zero-order valence-corrected chi connectivity index (χ0v) is 14.6. The second-order valence-corrected chi connectivity index (χ2v) is 5.71. The molecule has 0 atom stereocenters. The summed E-state index contributed by atoms with van der Waals surface area (Å²) in [5.74, 6) is 1.47. The zero-order valence-electron chi connectivity index (χ0n) is 14.6. The molecule has 2 rings (SSSR count). The van der Waals surface area contributed by atoms with Gasteiger partial charge in [0, 0.05) is 17.4 Å². The second kappa shape index (κ2) is 8.24. The summed E-state index contributed by atoms with van der Waals surface area (Å²) in [4.78, 5) is 12.2. The van der Waals surface area contributed by atoms with Crippen molar-refractivity contribution in [1.82, 2.24) is 0 Å². The summed E-state index contributed by atoms with van der Waals surface area (Å²) in [6, 6.07) is 13.3. The summed E-state index contributed by atoms with van der Waals surface area (Å²) >= 11 is 0. The quantitative estimate of drug-likeness (QED) is 0.810. The number of amides is 1. The molecule has 2 aromatic rings. The number of nitrogens with one attached hydrogen (secondary N) is 2. The zero-order chi connectivity index (χ0) is 17.5. The average Bonchev–Trinajstić information content (AvgIpc) is 2.60. The summed E-state index contributed by atoms with van der Waals surface area (Å²) in [5.41, 5.74) is 2.84. The molecule has 2 aromatic carbocycles. The largest absolute Gasteiger partial charge is 0.493 e. The highest BCUT2D eigenvalue weighted by Crippen LogP contribution is 2.29. The number of para-hydroxylation sites is 1. The molecular formula is C19H24N2O3. The van der Waals surface area contributed by atoms with Gasteiger partial charge in [-0.1, -0.05) is 32.0 Å². The van der Waals surface area contributed by atoms with Gasteiger partial charge in [0.05, 0.1) is 20.8 Å². The Hall–Kier alpha value is -2.69. The smallest absolute Gasteiger partial charge is 0.243 e. The predicted octanol–water partition coefficient (Wildman–Crippen LogP) is 3.88. The fourth-order valence-electron chi connectivity index (χ4n) is 2.46. The van der Waals surface area contributed by atoms with Crippen LogP contribution in [0.25, 0.3) is 0 Å². The third-order valence-electron chi connectivity index (χ3n) is 3.69. The van der Waals surface area contributed by atoms with E-state index in [2.05, 4.69) is 30.5 Å². The molecule has 0 saturated carbocycles. The van der Waals surface area contributed by atoms with Gasteiger partial charge in [0.15, 0.2) is 11.5 Å². The van der Waals surface area contributed by atoms with Crippen molar-refractivity contribution in [1.29, 1.82) is 0 Å². The first-order valence-corrected chi connectivity index (χ1v) is 7.89. The van der Waals surface area contributed by atoms with Gasteiger partial charge in [-0.3, -0.25) is 4.79 Å². The van der Waals surface area contributed by atoms with E-state index >= 15 is 0 Å². The molecule has 0 aromatic heterocycles. The maximum absolute atomic E-state index is 12.2. The maximum Gasteiger partial charge on any atom is 0.243 e. The van der Waals surface area contributed by atoms with Crippen LogP contribution in [-0.2, 0) is 4.79 Å². The van der Waals surface area contributed by atoms with Crippen molar-refractivity contribution in [2.45, 2.75) is 19.8 Å². The number of methoxy groups -OCH3 is 2. The van der Waals surface area contributed by atoms with Crippen LogP contribution in [0, 0.1) is 0 Å². The van der Waals surface area contributed by atoms with Gasteiger partial charge in [-0.25, -0.2) is 0 Å². The van der Waals surface area contributed by atoms with Crippen LogP contribution in [0.3, 0.4) is 0 Å². The molecule has 1 amide bonds. The number of ether oxygens (including phenoxy) is 2. The Kier molecular flexibility index (Phi) is 6.07. The molecule has 128 valence electrons. The van der Waals surface area contributed by atoms with Gasteiger partial charge in [0.25, 0.3) is 0 Å². The molecule has 0 fully saturated rings. The molecule has 0 aliphatic heterocycles. The Morgan fingerprint density at radius 2 is 1.75 bits per heavy atom. The van der Waals surface area contributed by atoms with E-state index in [9.17, 15) is 4.79 Å². The van der Waals surface area contributed by atoms with E-state index in [0.29, 0.717) is 23.1 Å². The van der Waals surface area contributed by atoms with E-state index in [-0.39, 0.29) is 12.5 Å². The van der Waals surface area contributed by atoms with Crippen molar-refractivity contribution >= 4 is 17.3 Å². The van der Waals surface area contributed by atoms with Gasteiger partial charge in [-0.15, -0.1) is 0 Å². The summed E-state index contributed by atoms with van der Waals surface area (Å²) in [5, 5.41) is 6.05. The third kappa shape index (κ3) is 4.41. The summed E-state index contributed by atoms with van der Waals surface area (Å²) in [6.07, 6.45) is 0. The number of anilines is 2. The lowest BCUT2D eigenvalue weighted by Crippen LogP contribution is -2.22. The van der Waals surface area contributed by atoms with Gasteiger partial charge in [0.2, 0.25) is 5.91 Å². The minimum Gasteiger partial charge on any atom is -0.493 e. The van der Waals surface area contributed by atoms with Gasteiger partial charge >= 0.3 is 0 Å². The molecular weight excluding hydrogens is 304 g/mol. The lowest BCUT2D eigenvalue weighted by molar-refractivity contribution is -0.114. The van der Waals surface area contributed by atoms with E-state index in [1.54, 1.807) is 32.4 Å². The molecule has 0 bridgehead atoms. The fraction of sp³-hybridized carbons (Fsp3) is 0.316. The third-order valence-corrected chi connectivity index (χ3v) is 3.69. The molecule has 0 aliphatic carbocycles. The van der Waals surface area contributed by atoms with Gasteiger partial charge in [0.1, 0.15) is 0 Å². The minimum atomic E-state index is -0.124. The van der Waals surface area contributed by atoms with Gasteiger partial charge in [-0.05, 0) is 29.7 Å². The van der Waals surface area contributed by atoms with E-state index < -0.39 is 0 Å². The van der Waals surface area contributed by atoms with Crippen LogP contribution in [-0.4, -0.2) is 26.7 Å². The first-order chi connectivity index (χ1) is 11.5. The van der Waals surface area contributed by atoms with Gasteiger partial charge < -0.3 is 20.1 Å². The van der Waals surface area contributed by atoms with Crippen molar-refractivity contribution in [2.24, 2.45) is 0 Å². The number of rotatable bonds is 7. The van der Waals surface area contributed by atoms with E-state index in [1.165, 1.54) is 5.56 Å². The maximum atomic E-state index is 12.2. The highest BCUT2D eigenvalue weighted by Gasteiger charge is 2.09. The highest BCUT2D eigenvalue weighted by molar-refractivity contribution is 5.94. The van der Waals surface area contributed by atoms with Gasteiger partial charge in [-0.2, -0.15) is 0 Å². The minimum absolute atomic E-state index is 0.124.